The summed E-state index contributed by atoms with van der Waals surface area (Å²) < 4.78 is 5.65. The van der Waals surface area contributed by atoms with Crippen molar-refractivity contribution in [1.82, 2.24) is 10.3 Å². The molecule has 1 aliphatic rings. The molecule has 0 amide bonds. The van der Waals surface area contributed by atoms with Crippen LogP contribution in [0.5, 0.6) is 5.88 Å². The largest absolute Gasteiger partial charge is 0.478 e. The van der Waals surface area contributed by atoms with Crippen LogP contribution >= 0.6 is 0 Å². The van der Waals surface area contributed by atoms with E-state index in [1.807, 2.05) is 25.1 Å². The third-order valence-corrected chi connectivity index (χ3v) is 3.20. The molecule has 94 valence electrons. The van der Waals surface area contributed by atoms with Gasteiger partial charge in [0.25, 0.3) is 0 Å². The van der Waals surface area contributed by atoms with Crippen LogP contribution in [0.4, 0.5) is 0 Å². The van der Waals surface area contributed by atoms with Crippen molar-refractivity contribution in [2.45, 2.75) is 32.4 Å². The minimum absolute atomic E-state index is 0.655. The molecular weight excluding hydrogens is 224 g/mol. The van der Waals surface area contributed by atoms with Crippen molar-refractivity contribution in [3.8, 4) is 5.88 Å². The van der Waals surface area contributed by atoms with E-state index < -0.39 is 0 Å². The zero-order chi connectivity index (χ0) is 12.4. The van der Waals surface area contributed by atoms with E-state index in [2.05, 4.69) is 22.4 Å². The van der Waals surface area contributed by atoms with E-state index in [0.29, 0.717) is 12.6 Å². The number of rotatable bonds is 5. The predicted octanol–water partition coefficient (Wildman–Crippen LogP) is 2.89. The van der Waals surface area contributed by atoms with Crippen LogP contribution < -0.4 is 10.1 Å². The Bertz CT molecular complexity index is 549. The second kappa shape index (κ2) is 4.94. The van der Waals surface area contributed by atoms with E-state index >= 15 is 0 Å². The molecule has 1 aromatic carbocycles. The topological polar surface area (TPSA) is 34.1 Å². The monoisotopic (exact) mass is 242 g/mol. The molecule has 3 heteroatoms. The summed E-state index contributed by atoms with van der Waals surface area (Å²) in [5.41, 5.74) is 2.15. The first-order valence-electron chi connectivity index (χ1n) is 6.61. The van der Waals surface area contributed by atoms with E-state index in [-0.39, 0.29) is 0 Å². The van der Waals surface area contributed by atoms with E-state index in [1.165, 1.54) is 18.2 Å². The number of benzene rings is 1. The average Bonchev–Trinajstić information content (AvgIpc) is 3.20. The maximum atomic E-state index is 5.65. The fourth-order valence-corrected chi connectivity index (χ4v) is 2.07. The Labute approximate surface area is 107 Å². The lowest BCUT2D eigenvalue weighted by Gasteiger charge is -2.11. The van der Waals surface area contributed by atoms with Gasteiger partial charge in [-0.25, -0.2) is 4.98 Å². The van der Waals surface area contributed by atoms with Crippen molar-refractivity contribution in [1.29, 1.82) is 0 Å². The first-order chi connectivity index (χ1) is 8.86. The number of ether oxygens (including phenoxy) is 1. The van der Waals surface area contributed by atoms with Gasteiger partial charge in [0.2, 0.25) is 5.88 Å². The molecular formula is C15H18N2O. The lowest BCUT2D eigenvalue weighted by Crippen LogP contribution is -2.16. The molecule has 3 nitrogen and oxygen atoms in total. The van der Waals surface area contributed by atoms with Gasteiger partial charge >= 0.3 is 0 Å². The summed E-state index contributed by atoms with van der Waals surface area (Å²) in [6, 6.07) is 11.1. The van der Waals surface area contributed by atoms with Gasteiger partial charge in [-0.05, 0) is 31.9 Å². The molecule has 1 heterocycles. The summed E-state index contributed by atoms with van der Waals surface area (Å²) in [6.07, 6.45) is 2.59. The molecule has 2 aromatic rings. The zero-order valence-corrected chi connectivity index (χ0v) is 10.6. The Morgan fingerprint density at radius 3 is 2.94 bits per heavy atom. The number of fused-ring (bicyclic) bond motifs is 1. The van der Waals surface area contributed by atoms with Crippen LogP contribution in [0.3, 0.4) is 0 Å². The van der Waals surface area contributed by atoms with Gasteiger partial charge in [0.1, 0.15) is 0 Å². The minimum Gasteiger partial charge on any atom is -0.478 e. The van der Waals surface area contributed by atoms with Crippen molar-refractivity contribution >= 4 is 10.9 Å². The van der Waals surface area contributed by atoms with E-state index in [4.69, 9.17) is 4.74 Å². The van der Waals surface area contributed by atoms with E-state index in [0.717, 1.165) is 23.5 Å². The standard InChI is InChI=1S/C15H18N2O/c1-2-18-15-12(10-16-13-7-8-13)9-11-5-3-4-6-14(11)17-15/h3-6,9,13,16H,2,7-8,10H2,1H3. The maximum Gasteiger partial charge on any atom is 0.218 e. The lowest BCUT2D eigenvalue weighted by atomic mass is 10.1. The van der Waals surface area contributed by atoms with Crippen molar-refractivity contribution in [3.05, 3.63) is 35.9 Å². The fourth-order valence-electron chi connectivity index (χ4n) is 2.07. The predicted molar refractivity (Wildman–Crippen MR) is 72.8 cm³/mol. The molecule has 0 atom stereocenters. The summed E-state index contributed by atoms with van der Waals surface area (Å²) in [6.45, 7) is 3.49. The number of hydrogen-bond donors (Lipinski definition) is 1. The van der Waals surface area contributed by atoms with Crippen LogP contribution in [-0.4, -0.2) is 17.6 Å². The first-order valence-corrected chi connectivity index (χ1v) is 6.61. The second-order valence-electron chi connectivity index (χ2n) is 4.73. The maximum absolute atomic E-state index is 5.65. The normalized spacial score (nSPS) is 14.9. The molecule has 0 aliphatic heterocycles. The second-order valence-corrected chi connectivity index (χ2v) is 4.73. The van der Waals surface area contributed by atoms with Crippen LogP contribution in [0.2, 0.25) is 0 Å². The van der Waals surface area contributed by atoms with Gasteiger partial charge in [0.05, 0.1) is 12.1 Å². The number of hydrogen-bond acceptors (Lipinski definition) is 3. The molecule has 1 N–H and O–H groups in total. The molecule has 1 aromatic heterocycles. The molecule has 0 bridgehead atoms. The fraction of sp³-hybridized carbons (Fsp3) is 0.400. The average molecular weight is 242 g/mol. The van der Waals surface area contributed by atoms with E-state index in [1.54, 1.807) is 0 Å². The number of nitrogens with zero attached hydrogens (tertiary/aromatic N) is 1. The Morgan fingerprint density at radius 1 is 1.33 bits per heavy atom. The molecule has 0 unspecified atom stereocenters. The molecule has 1 fully saturated rings. The summed E-state index contributed by atoms with van der Waals surface area (Å²) in [5, 5.41) is 4.69. The van der Waals surface area contributed by atoms with Gasteiger partial charge in [0, 0.05) is 23.5 Å². The van der Waals surface area contributed by atoms with Crippen LogP contribution in [0.15, 0.2) is 30.3 Å². The van der Waals surface area contributed by atoms with Crippen molar-refractivity contribution in [2.24, 2.45) is 0 Å². The molecule has 0 radical (unpaired) electrons. The Kier molecular flexibility index (Phi) is 3.15. The Morgan fingerprint density at radius 2 is 2.17 bits per heavy atom. The zero-order valence-electron chi connectivity index (χ0n) is 10.6. The third-order valence-electron chi connectivity index (χ3n) is 3.20. The highest BCUT2D eigenvalue weighted by Crippen LogP contribution is 2.24. The van der Waals surface area contributed by atoms with E-state index in [9.17, 15) is 0 Å². The Hall–Kier alpha value is -1.61. The van der Waals surface area contributed by atoms with Gasteiger partial charge in [-0.15, -0.1) is 0 Å². The van der Waals surface area contributed by atoms with Gasteiger partial charge in [-0.3, -0.25) is 0 Å². The van der Waals surface area contributed by atoms with Crippen molar-refractivity contribution < 1.29 is 4.74 Å². The van der Waals surface area contributed by atoms with Gasteiger partial charge in [-0.2, -0.15) is 0 Å². The highest BCUT2D eigenvalue weighted by molar-refractivity contribution is 5.80. The van der Waals surface area contributed by atoms with Gasteiger partial charge < -0.3 is 10.1 Å². The summed E-state index contributed by atoms with van der Waals surface area (Å²) in [4.78, 5) is 4.60. The highest BCUT2D eigenvalue weighted by Gasteiger charge is 2.21. The first kappa shape index (κ1) is 11.5. The third kappa shape index (κ3) is 2.46. The van der Waals surface area contributed by atoms with Crippen molar-refractivity contribution in [2.75, 3.05) is 6.61 Å². The molecule has 1 aliphatic carbocycles. The van der Waals surface area contributed by atoms with Crippen LogP contribution in [0, 0.1) is 0 Å². The highest BCUT2D eigenvalue weighted by atomic mass is 16.5. The molecule has 18 heavy (non-hydrogen) atoms. The summed E-state index contributed by atoms with van der Waals surface area (Å²) in [5.74, 6) is 0.768. The quantitative estimate of drug-likeness (QED) is 0.875. The van der Waals surface area contributed by atoms with Gasteiger partial charge in [0.15, 0.2) is 0 Å². The smallest absolute Gasteiger partial charge is 0.218 e. The lowest BCUT2D eigenvalue weighted by molar-refractivity contribution is 0.323. The SMILES string of the molecule is CCOc1nc2ccccc2cc1CNC1CC1. The van der Waals surface area contributed by atoms with Crippen molar-refractivity contribution in [3.63, 3.8) is 0 Å². The van der Waals surface area contributed by atoms with Crippen LogP contribution in [0.25, 0.3) is 10.9 Å². The molecule has 3 rings (SSSR count). The number of para-hydroxylation sites is 1. The number of nitrogens with one attached hydrogen (secondary N) is 1. The minimum atomic E-state index is 0.655. The van der Waals surface area contributed by atoms with Gasteiger partial charge in [-0.1, -0.05) is 18.2 Å². The number of aromatic nitrogens is 1. The molecule has 0 saturated heterocycles. The Balaban J connectivity index is 1.93. The summed E-state index contributed by atoms with van der Waals surface area (Å²) in [7, 11) is 0. The number of pyridine rings is 1. The molecule has 0 spiro atoms. The summed E-state index contributed by atoms with van der Waals surface area (Å²) >= 11 is 0. The van der Waals surface area contributed by atoms with Crippen LogP contribution in [-0.2, 0) is 6.54 Å². The van der Waals surface area contributed by atoms with Crippen LogP contribution in [0.1, 0.15) is 25.3 Å². The molecule has 1 saturated carbocycles.